The monoisotopic (exact) mass is 519 g/mol. The Morgan fingerprint density at radius 2 is 1.77 bits per heavy atom. The van der Waals surface area contributed by atoms with E-state index in [2.05, 4.69) is 75.1 Å². The van der Waals surface area contributed by atoms with Gasteiger partial charge < -0.3 is 8.98 Å². The van der Waals surface area contributed by atoms with Gasteiger partial charge in [-0.2, -0.15) is 5.10 Å². The zero-order valence-electron chi connectivity index (χ0n) is 22.1. The van der Waals surface area contributed by atoms with Crippen molar-refractivity contribution in [3.8, 4) is 17.1 Å². The largest absolute Gasteiger partial charge is 0.466 e. The molecule has 0 aliphatic carbocycles. The van der Waals surface area contributed by atoms with E-state index >= 15 is 0 Å². The highest BCUT2D eigenvalue weighted by molar-refractivity contribution is 5.90. The normalized spacial score (nSPS) is 15.9. The number of fused-ring (bicyclic) bond motifs is 2. The van der Waals surface area contributed by atoms with E-state index in [0.717, 1.165) is 59.7 Å². The van der Waals surface area contributed by atoms with Crippen molar-refractivity contribution in [3.63, 3.8) is 0 Å². The van der Waals surface area contributed by atoms with Crippen LogP contribution < -0.4 is 0 Å². The molecule has 7 rings (SSSR count). The Bertz CT molecular complexity index is 1770. The quantitative estimate of drug-likeness (QED) is 0.241. The molecule has 0 bridgehead atoms. The Morgan fingerprint density at radius 3 is 2.54 bits per heavy atom. The molecule has 3 aromatic carbocycles. The molecule has 0 radical (unpaired) electrons. The fraction of sp³-hybridized carbons (Fsp3) is 0.250. The maximum atomic E-state index is 13.7. The molecule has 6 aromatic rings. The van der Waals surface area contributed by atoms with Gasteiger partial charge in [0.1, 0.15) is 17.9 Å². The van der Waals surface area contributed by atoms with Gasteiger partial charge in [0.15, 0.2) is 5.82 Å². The van der Waals surface area contributed by atoms with Crippen LogP contribution in [0.2, 0.25) is 0 Å². The Labute approximate surface area is 226 Å². The lowest BCUT2D eigenvalue weighted by atomic mass is 9.88. The molecule has 6 nitrogen and oxygen atoms in total. The first-order valence-corrected chi connectivity index (χ1v) is 13.5. The average molecular weight is 520 g/mol. The number of halogens is 1. The van der Waals surface area contributed by atoms with E-state index < -0.39 is 0 Å². The highest BCUT2D eigenvalue weighted by atomic mass is 19.1. The smallest absolute Gasteiger partial charge is 0.157 e. The molecule has 0 saturated carbocycles. The molecule has 1 atom stereocenters. The summed E-state index contributed by atoms with van der Waals surface area (Å²) in [7, 11) is 1.91. The highest BCUT2D eigenvalue weighted by Crippen LogP contribution is 2.39. The molecule has 1 unspecified atom stereocenters. The van der Waals surface area contributed by atoms with Crippen molar-refractivity contribution >= 4 is 21.7 Å². The fourth-order valence-corrected chi connectivity index (χ4v) is 6.19. The van der Waals surface area contributed by atoms with Crippen LogP contribution in [0.4, 0.5) is 4.39 Å². The van der Waals surface area contributed by atoms with Crippen molar-refractivity contribution in [1.82, 2.24) is 24.2 Å². The topological polar surface area (TPSA) is 52.0 Å². The van der Waals surface area contributed by atoms with Gasteiger partial charge in [-0.3, -0.25) is 4.90 Å². The van der Waals surface area contributed by atoms with Crippen molar-refractivity contribution in [1.29, 1.82) is 0 Å². The lowest BCUT2D eigenvalue weighted by Gasteiger charge is -2.35. The second-order valence-corrected chi connectivity index (χ2v) is 10.5. The standard InChI is InChI=1S/C32H30FN5O/c1-21(31-27-6-4-3-5-24(27)19-39-31)37-15-13-22(14-16-37)29-18-38(26-10-8-25(33)9-11-26)30-12-7-23(17-28(29)30)32-34-20-35-36(32)2/h3-12,17-22H,13-16H2,1-2H3. The molecule has 4 heterocycles. The van der Waals surface area contributed by atoms with E-state index in [1.807, 2.05) is 25.4 Å². The van der Waals surface area contributed by atoms with E-state index in [1.54, 1.807) is 11.0 Å². The Hall–Kier alpha value is -4.23. The summed E-state index contributed by atoms with van der Waals surface area (Å²) in [6.45, 7) is 4.24. The van der Waals surface area contributed by atoms with Gasteiger partial charge in [-0.25, -0.2) is 14.1 Å². The number of piperidine rings is 1. The number of benzene rings is 3. The van der Waals surface area contributed by atoms with Crippen molar-refractivity contribution in [2.45, 2.75) is 31.7 Å². The third-order valence-electron chi connectivity index (χ3n) is 8.35. The van der Waals surface area contributed by atoms with Gasteiger partial charge in [-0.1, -0.05) is 24.3 Å². The summed E-state index contributed by atoms with van der Waals surface area (Å²) in [5.41, 5.74) is 4.43. The zero-order valence-corrected chi connectivity index (χ0v) is 22.1. The maximum absolute atomic E-state index is 13.7. The summed E-state index contributed by atoms with van der Waals surface area (Å²) in [4.78, 5) is 7.01. The second-order valence-electron chi connectivity index (χ2n) is 10.5. The average Bonchev–Trinajstić information content (AvgIpc) is 3.70. The molecular formula is C32H30FN5O. The third-order valence-corrected chi connectivity index (χ3v) is 8.35. The van der Waals surface area contributed by atoms with Gasteiger partial charge in [0, 0.05) is 40.7 Å². The van der Waals surface area contributed by atoms with Gasteiger partial charge in [0.05, 0.1) is 17.8 Å². The second kappa shape index (κ2) is 9.50. The van der Waals surface area contributed by atoms with E-state index in [-0.39, 0.29) is 11.9 Å². The van der Waals surface area contributed by atoms with Crippen molar-refractivity contribution in [2.24, 2.45) is 7.05 Å². The molecule has 1 aliphatic rings. The SMILES string of the molecule is CC(c1occ2ccccc12)N1CCC(c2cn(-c3ccc(F)cc3)c3ccc(-c4ncnn4C)cc23)CC1. The summed E-state index contributed by atoms with van der Waals surface area (Å²) in [5, 5.41) is 7.83. The van der Waals surface area contributed by atoms with Crippen LogP contribution in [0.1, 0.15) is 43.0 Å². The van der Waals surface area contributed by atoms with Crippen LogP contribution in [0, 0.1) is 5.82 Å². The predicted octanol–water partition coefficient (Wildman–Crippen LogP) is 7.25. The molecule has 1 aliphatic heterocycles. The Morgan fingerprint density at radius 1 is 0.974 bits per heavy atom. The lowest BCUT2D eigenvalue weighted by Crippen LogP contribution is -2.35. The number of furan rings is 1. The van der Waals surface area contributed by atoms with E-state index in [0.29, 0.717) is 5.92 Å². The van der Waals surface area contributed by atoms with Crippen LogP contribution in [-0.4, -0.2) is 37.3 Å². The van der Waals surface area contributed by atoms with Crippen molar-refractivity contribution < 1.29 is 8.81 Å². The molecule has 196 valence electrons. The maximum Gasteiger partial charge on any atom is 0.157 e. The van der Waals surface area contributed by atoms with Crippen molar-refractivity contribution in [2.75, 3.05) is 13.1 Å². The molecule has 1 fully saturated rings. The lowest BCUT2D eigenvalue weighted by molar-refractivity contribution is 0.148. The number of aromatic nitrogens is 4. The minimum atomic E-state index is -0.231. The number of hydrogen-bond donors (Lipinski definition) is 0. The number of nitrogens with zero attached hydrogens (tertiary/aromatic N) is 5. The summed E-state index contributed by atoms with van der Waals surface area (Å²) in [6.07, 6.45) is 7.82. The number of rotatable bonds is 5. The first kappa shape index (κ1) is 23.9. The molecule has 0 N–H and O–H groups in total. The first-order chi connectivity index (χ1) is 19.1. The Kier molecular flexibility index (Phi) is 5.81. The molecule has 3 aromatic heterocycles. The third kappa shape index (κ3) is 4.14. The van der Waals surface area contributed by atoms with Crippen LogP contribution in [0.15, 0.2) is 89.9 Å². The summed E-state index contributed by atoms with van der Waals surface area (Å²) >= 11 is 0. The number of hydrogen-bond acceptors (Lipinski definition) is 4. The number of likely N-dealkylation sites (tertiary alicyclic amines) is 1. The molecule has 1 saturated heterocycles. The van der Waals surface area contributed by atoms with Gasteiger partial charge in [0.2, 0.25) is 0 Å². The van der Waals surface area contributed by atoms with E-state index in [4.69, 9.17) is 4.42 Å². The van der Waals surface area contributed by atoms with Gasteiger partial charge in [-0.15, -0.1) is 0 Å². The summed E-state index contributed by atoms with van der Waals surface area (Å²) < 4.78 is 23.7. The molecule has 39 heavy (non-hydrogen) atoms. The van der Waals surface area contributed by atoms with E-state index in [1.165, 1.54) is 28.5 Å². The first-order valence-electron chi connectivity index (χ1n) is 13.5. The van der Waals surface area contributed by atoms with E-state index in [9.17, 15) is 4.39 Å². The molecule has 0 amide bonds. The van der Waals surface area contributed by atoms with Gasteiger partial charge in [-0.05, 0) is 86.8 Å². The van der Waals surface area contributed by atoms with Crippen LogP contribution in [0.5, 0.6) is 0 Å². The predicted molar refractivity (Wildman–Crippen MR) is 151 cm³/mol. The molecular weight excluding hydrogens is 489 g/mol. The van der Waals surface area contributed by atoms with Crippen LogP contribution in [-0.2, 0) is 7.05 Å². The molecule has 7 heteroatoms. The van der Waals surface area contributed by atoms with Gasteiger partial charge >= 0.3 is 0 Å². The van der Waals surface area contributed by atoms with Crippen molar-refractivity contribution in [3.05, 3.63) is 103 Å². The highest BCUT2D eigenvalue weighted by Gasteiger charge is 2.29. The summed E-state index contributed by atoms with van der Waals surface area (Å²) in [5.74, 6) is 2.07. The minimum Gasteiger partial charge on any atom is -0.466 e. The van der Waals surface area contributed by atoms with Crippen LogP contribution in [0.3, 0.4) is 0 Å². The fourth-order valence-electron chi connectivity index (χ4n) is 6.19. The number of aryl methyl sites for hydroxylation is 1. The summed E-state index contributed by atoms with van der Waals surface area (Å²) in [6, 6.07) is 21.8. The van der Waals surface area contributed by atoms with Gasteiger partial charge in [0.25, 0.3) is 0 Å². The Balaban J connectivity index is 1.22. The minimum absolute atomic E-state index is 0.217. The van der Waals surface area contributed by atoms with Crippen LogP contribution in [0.25, 0.3) is 38.8 Å². The molecule has 0 spiro atoms. The van der Waals surface area contributed by atoms with Crippen LogP contribution >= 0.6 is 0 Å². The zero-order chi connectivity index (χ0) is 26.5.